The Labute approximate surface area is 112 Å². The molecule has 0 saturated heterocycles. The van der Waals surface area contributed by atoms with Crippen molar-refractivity contribution in [2.75, 3.05) is 7.11 Å². The average Bonchev–Trinajstić information content (AvgIpc) is 2.39. The van der Waals surface area contributed by atoms with Gasteiger partial charge in [0.05, 0.1) is 13.5 Å². The fourth-order valence-electron chi connectivity index (χ4n) is 1.57. The molecule has 0 saturated carbocycles. The van der Waals surface area contributed by atoms with Gasteiger partial charge in [-0.3, -0.25) is 4.79 Å². The summed E-state index contributed by atoms with van der Waals surface area (Å²) in [6.45, 7) is 3.23. The van der Waals surface area contributed by atoms with Crippen LogP contribution >= 0.6 is 0 Å². The predicted octanol–water partition coefficient (Wildman–Crippen LogP) is 1.61. The summed E-state index contributed by atoms with van der Waals surface area (Å²) in [5, 5.41) is 11.6. The maximum absolute atomic E-state index is 11.8. The van der Waals surface area contributed by atoms with E-state index in [0.717, 1.165) is 5.56 Å². The largest absolute Gasteiger partial charge is 0.497 e. The highest BCUT2D eigenvalue weighted by molar-refractivity contribution is 5.87. The van der Waals surface area contributed by atoms with Crippen molar-refractivity contribution in [3.63, 3.8) is 0 Å². The zero-order valence-electron chi connectivity index (χ0n) is 11.4. The molecule has 1 aromatic carbocycles. The maximum atomic E-state index is 11.8. The van der Waals surface area contributed by atoms with Gasteiger partial charge in [0.25, 0.3) is 0 Å². The van der Waals surface area contributed by atoms with Gasteiger partial charge in [0.2, 0.25) is 5.91 Å². The van der Waals surface area contributed by atoms with E-state index in [2.05, 4.69) is 5.32 Å². The summed E-state index contributed by atoms with van der Waals surface area (Å²) in [4.78, 5) is 22.9. The Bertz CT molecular complexity index is 455. The zero-order chi connectivity index (χ0) is 14.5. The monoisotopic (exact) mass is 265 g/mol. The number of carboxylic acids is 1. The molecule has 1 amide bonds. The second kappa shape index (κ2) is 6.22. The van der Waals surface area contributed by atoms with Crippen molar-refractivity contribution in [3.8, 4) is 5.75 Å². The van der Waals surface area contributed by atoms with E-state index in [1.54, 1.807) is 38.3 Å². The van der Waals surface area contributed by atoms with Gasteiger partial charge in [0, 0.05) is 0 Å². The lowest BCUT2D eigenvalue weighted by Crippen LogP contribution is -2.52. The summed E-state index contributed by atoms with van der Waals surface area (Å²) in [7, 11) is 1.57. The first-order valence-corrected chi connectivity index (χ1v) is 6.08. The zero-order valence-corrected chi connectivity index (χ0v) is 11.4. The fourth-order valence-corrected chi connectivity index (χ4v) is 1.57. The number of methoxy groups -OCH3 is 1. The maximum Gasteiger partial charge on any atom is 0.329 e. The number of hydrogen-bond donors (Lipinski definition) is 2. The Morgan fingerprint density at radius 3 is 2.32 bits per heavy atom. The van der Waals surface area contributed by atoms with Gasteiger partial charge in [-0.1, -0.05) is 19.1 Å². The SMILES string of the molecule is CCC(C)(NC(=O)Cc1ccc(OC)cc1)C(=O)O. The Morgan fingerprint density at radius 1 is 1.32 bits per heavy atom. The van der Waals surface area contributed by atoms with Crippen molar-refractivity contribution < 1.29 is 19.4 Å². The molecule has 0 aliphatic rings. The first kappa shape index (κ1) is 15.0. The molecule has 1 atom stereocenters. The molecule has 5 nitrogen and oxygen atoms in total. The molecule has 0 fully saturated rings. The Morgan fingerprint density at radius 2 is 1.89 bits per heavy atom. The number of hydrogen-bond acceptors (Lipinski definition) is 3. The normalized spacial score (nSPS) is 13.4. The Hall–Kier alpha value is -2.04. The van der Waals surface area contributed by atoms with Gasteiger partial charge in [-0.25, -0.2) is 4.79 Å². The summed E-state index contributed by atoms with van der Waals surface area (Å²) in [6, 6.07) is 7.09. The van der Waals surface area contributed by atoms with Crippen molar-refractivity contribution in [2.45, 2.75) is 32.2 Å². The molecular weight excluding hydrogens is 246 g/mol. The number of aliphatic carboxylic acids is 1. The third-order valence-electron chi connectivity index (χ3n) is 3.12. The van der Waals surface area contributed by atoms with Gasteiger partial charge in [0.1, 0.15) is 11.3 Å². The molecule has 104 valence electrons. The van der Waals surface area contributed by atoms with Crippen LogP contribution in [-0.2, 0) is 16.0 Å². The molecule has 0 aliphatic carbocycles. The highest BCUT2D eigenvalue weighted by Gasteiger charge is 2.32. The average molecular weight is 265 g/mol. The third-order valence-corrected chi connectivity index (χ3v) is 3.12. The van der Waals surface area contributed by atoms with Gasteiger partial charge in [-0.15, -0.1) is 0 Å². The molecule has 5 heteroatoms. The minimum absolute atomic E-state index is 0.146. The minimum Gasteiger partial charge on any atom is -0.497 e. The van der Waals surface area contributed by atoms with E-state index in [1.165, 1.54) is 6.92 Å². The Kier molecular flexibility index (Phi) is 4.92. The summed E-state index contributed by atoms with van der Waals surface area (Å²) in [6.07, 6.45) is 0.476. The standard InChI is InChI=1S/C14H19NO4/c1-4-14(2,13(17)18)15-12(16)9-10-5-7-11(19-3)8-6-10/h5-8H,4,9H2,1-3H3,(H,15,16)(H,17,18). The molecule has 1 unspecified atom stereocenters. The molecule has 0 bridgehead atoms. The summed E-state index contributed by atoms with van der Waals surface area (Å²) < 4.78 is 5.03. The second-order valence-electron chi connectivity index (χ2n) is 4.56. The molecule has 0 spiro atoms. The van der Waals surface area contributed by atoms with E-state index < -0.39 is 11.5 Å². The lowest BCUT2D eigenvalue weighted by molar-refractivity contribution is -0.146. The van der Waals surface area contributed by atoms with Crippen molar-refractivity contribution in [1.82, 2.24) is 5.32 Å². The third kappa shape index (κ3) is 3.98. The first-order chi connectivity index (χ1) is 8.91. The number of benzene rings is 1. The number of carboxylic acid groups (broad SMARTS) is 1. The highest BCUT2D eigenvalue weighted by Crippen LogP contribution is 2.13. The fraction of sp³-hybridized carbons (Fsp3) is 0.429. The van der Waals surface area contributed by atoms with Crippen LogP contribution in [0.3, 0.4) is 0 Å². The smallest absolute Gasteiger partial charge is 0.329 e. The van der Waals surface area contributed by atoms with Crippen LogP contribution in [0.2, 0.25) is 0 Å². The summed E-state index contributed by atoms with van der Waals surface area (Å²) >= 11 is 0. The van der Waals surface area contributed by atoms with E-state index in [-0.39, 0.29) is 12.3 Å². The minimum atomic E-state index is -1.22. The van der Waals surface area contributed by atoms with Crippen molar-refractivity contribution in [3.05, 3.63) is 29.8 Å². The van der Waals surface area contributed by atoms with E-state index in [9.17, 15) is 9.59 Å². The topological polar surface area (TPSA) is 75.6 Å². The van der Waals surface area contributed by atoms with E-state index in [0.29, 0.717) is 12.2 Å². The number of carbonyl (C=O) groups excluding carboxylic acids is 1. The summed E-state index contributed by atoms with van der Waals surface area (Å²) in [5.74, 6) is -0.622. The van der Waals surface area contributed by atoms with E-state index in [1.807, 2.05) is 0 Å². The number of carbonyl (C=O) groups is 2. The Balaban J connectivity index is 2.66. The van der Waals surface area contributed by atoms with Gasteiger partial charge in [-0.2, -0.15) is 0 Å². The first-order valence-electron chi connectivity index (χ1n) is 6.08. The quantitative estimate of drug-likeness (QED) is 0.819. The van der Waals surface area contributed by atoms with Crippen LogP contribution in [0.1, 0.15) is 25.8 Å². The van der Waals surface area contributed by atoms with Gasteiger partial charge in [0.15, 0.2) is 0 Å². The molecule has 0 aliphatic heterocycles. The second-order valence-corrected chi connectivity index (χ2v) is 4.56. The van der Waals surface area contributed by atoms with Crippen LogP contribution in [0.25, 0.3) is 0 Å². The molecule has 0 heterocycles. The number of nitrogens with one attached hydrogen (secondary N) is 1. The van der Waals surface area contributed by atoms with Gasteiger partial charge in [-0.05, 0) is 31.0 Å². The van der Waals surface area contributed by atoms with Crippen LogP contribution in [0.15, 0.2) is 24.3 Å². The number of ether oxygens (including phenoxy) is 1. The van der Waals surface area contributed by atoms with E-state index >= 15 is 0 Å². The molecule has 2 N–H and O–H groups in total. The van der Waals surface area contributed by atoms with Crippen LogP contribution in [-0.4, -0.2) is 29.6 Å². The van der Waals surface area contributed by atoms with E-state index in [4.69, 9.17) is 9.84 Å². The lowest BCUT2D eigenvalue weighted by atomic mass is 9.98. The van der Waals surface area contributed by atoms with Crippen molar-refractivity contribution in [2.24, 2.45) is 0 Å². The van der Waals surface area contributed by atoms with Crippen LogP contribution in [0.5, 0.6) is 5.75 Å². The molecule has 1 aromatic rings. The van der Waals surface area contributed by atoms with Crippen LogP contribution in [0, 0.1) is 0 Å². The van der Waals surface area contributed by atoms with Crippen molar-refractivity contribution >= 4 is 11.9 Å². The number of amides is 1. The lowest BCUT2D eigenvalue weighted by Gasteiger charge is -2.24. The predicted molar refractivity (Wildman–Crippen MR) is 71.2 cm³/mol. The van der Waals surface area contributed by atoms with Crippen LogP contribution < -0.4 is 10.1 Å². The van der Waals surface area contributed by atoms with Gasteiger partial charge >= 0.3 is 5.97 Å². The molecule has 0 aromatic heterocycles. The highest BCUT2D eigenvalue weighted by atomic mass is 16.5. The molecule has 19 heavy (non-hydrogen) atoms. The summed E-state index contributed by atoms with van der Waals surface area (Å²) in [5.41, 5.74) is -0.411. The molecule has 1 rings (SSSR count). The molecular formula is C14H19NO4. The van der Waals surface area contributed by atoms with Crippen LogP contribution in [0.4, 0.5) is 0 Å². The van der Waals surface area contributed by atoms with Gasteiger partial charge < -0.3 is 15.2 Å². The number of rotatable bonds is 6. The van der Waals surface area contributed by atoms with Crippen molar-refractivity contribution in [1.29, 1.82) is 0 Å². The molecule has 0 radical (unpaired) electrons.